The van der Waals surface area contributed by atoms with Crippen LogP contribution in [0.2, 0.25) is 0 Å². The Morgan fingerprint density at radius 1 is 1.09 bits per heavy atom. The summed E-state index contributed by atoms with van der Waals surface area (Å²) < 4.78 is 16.0. The van der Waals surface area contributed by atoms with Crippen molar-refractivity contribution in [2.24, 2.45) is 0 Å². The number of hydrogen-bond acceptors (Lipinski definition) is 8. The molecule has 1 aliphatic rings. The van der Waals surface area contributed by atoms with Crippen LogP contribution in [-0.2, 0) is 21.5 Å². The number of aryl methyl sites for hydroxylation is 1. The van der Waals surface area contributed by atoms with Gasteiger partial charge in [0.25, 0.3) is 5.91 Å². The Bertz CT molecular complexity index is 1030. The predicted molar refractivity (Wildman–Crippen MR) is 126 cm³/mol. The summed E-state index contributed by atoms with van der Waals surface area (Å²) in [7, 11) is 1.48. The zero-order chi connectivity index (χ0) is 25.3. The number of benzene rings is 1. The maximum Gasteiger partial charge on any atom is 0.269 e. The molecule has 0 radical (unpaired) electrons. The Hall–Kier alpha value is -3.63. The third-order valence-electron chi connectivity index (χ3n) is 5.88. The smallest absolute Gasteiger partial charge is 0.269 e. The van der Waals surface area contributed by atoms with Gasteiger partial charge < -0.3 is 19.3 Å². The Labute approximate surface area is 204 Å². The van der Waals surface area contributed by atoms with Crippen LogP contribution in [0.3, 0.4) is 0 Å². The van der Waals surface area contributed by atoms with E-state index in [0.717, 1.165) is 38.5 Å². The van der Waals surface area contributed by atoms with Gasteiger partial charge in [-0.1, -0.05) is 30.8 Å². The number of nitrogens with zero attached hydrogens (tertiary/aromatic N) is 2. The van der Waals surface area contributed by atoms with E-state index in [1.54, 1.807) is 12.1 Å². The maximum atomic E-state index is 12.4. The topological polar surface area (TPSA) is 145 Å². The first-order valence-electron chi connectivity index (χ1n) is 11.9. The molecule has 0 aliphatic heterocycles. The van der Waals surface area contributed by atoms with Gasteiger partial charge in [0.05, 0.1) is 13.7 Å². The van der Waals surface area contributed by atoms with E-state index in [1.165, 1.54) is 20.1 Å². The second-order valence-corrected chi connectivity index (χ2v) is 8.49. The van der Waals surface area contributed by atoms with E-state index in [0.29, 0.717) is 35.4 Å². The first-order chi connectivity index (χ1) is 16.9. The van der Waals surface area contributed by atoms with Crippen molar-refractivity contribution in [3.8, 4) is 11.5 Å². The van der Waals surface area contributed by atoms with Gasteiger partial charge in [-0.2, -0.15) is 4.98 Å². The van der Waals surface area contributed by atoms with Crippen molar-refractivity contribution in [1.82, 2.24) is 26.3 Å². The molecule has 0 spiro atoms. The van der Waals surface area contributed by atoms with Gasteiger partial charge in [0, 0.05) is 25.3 Å². The Morgan fingerprint density at radius 2 is 1.83 bits per heavy atom. The number of aromatic nitrogens is 2. The molecule has 0 saturated heterocycles. The molecule has 0 unspecified atom stereocenters. The fraction of sp³-hybridized carbons (Fsp3) is 0.542. The summed E-state index contributed by atoms with van der Waals surface area (Å²) in [6.45, 7) is 3.80. The first kappa shape index (κ1) is 26.0. The minimum atomic E-state index is -0.640. The van der Waals surface area contributed by atoms with E-state index >= 15 is 0 Å². The van der Waals surface area contributed by atoms with Gasteiger partial charge in [-0.25, -0.2) is 0 Å². The number of ether oxygens (including phenoxy) is 2. The van der Waals surface area contributed by atoms with Crippen LogP contribution in [0.1, 0.15) is 80.9 Å². The Balaban J connectivity index is 1.54. The molecule has 11 heteroatoms. The number of nitrogens with one attached hydrogen (secondary N) is 3. The van der Waals surface area contributed by atoms with Crippen molar-refractivity contribution in [3.05, 3.63) is 35.5 Å². The van der Waals surface area contributed by atoms with Crippen LogP contribution in [0.25, 0.3) is 0 Å². The summed E-state index contributed by atoms with van der Waals surface area (Å²) in [5.41, 5.74) is 4.43. The van der Waals surface area contributed by atoms with Crippen LogP contribution >= 0.6 is 0 Å². The molecule has 1 aromatic heterocycles. The third-order valence-corrected chi connectivity index (χ3v) is 5.88. The highest BCUT2D eigenvalue weighted by atomic mass is 16.5. The van der Waals surface area contributed by atoms with Crippen molar-refractivity contribution in [1.29, 1.82) is 0 Å². The number of hydrazine groups is 1. The number of methoxy groups -OCH3 is 1. The quantitative estimate of drug-likeness (QED) is 0.361. The number of carbonyl (C=O) groups is 3. The van der Waals surface area contributed by atoms with Crippen LogP contribution in [0, 0.1) is 0 Å². The first-order valence-corrected chi connectivity index (χ1v) is 11.9. The molecule has 0 atom stereocenters. The van der Waals surface area contributed by atoms with Crippen LogP contribution in [-0.4, -0.2) is 41.6 Å². The highest BCUT2D eigenvalue weighted by Crippen LogP contribution is 2.34. The number of amides is 3. The third kappa shape index (κ3) is 6.93. The van der Waals surface area contributed by atoms with Crippen LogP contribution in [0.4, 0.5) is 0 Å². The molecule has 1 heterocycles. The molecular formula is C24H33N5O6. The molecule has 3 rings (SSSR count). The number of carbonyl (C=O) groups excluding carboxylic acids is 3. The van der Waals surface area contributed by atoms with Gasteiger partial charge in [-0.05, 0) is 38.0 Å². The zero-order valence-electron chi connectivity index (χ0n) is 20.4. The lowest BCUT2D eigenvalue weighted by Gasteiger charge is -2.30. The summed E-state index contributed by atoms with van der Waals surface area (Å²) >= 11 is 0. The van der Waals surface area contributed by atoms with E-state index in [1.807, 2.05) is 6.92 Å². The summed E-state index contributed by atoms with van der Waals surface area (Å²) in [6.07, 6.45) is 5.84. The second-order valence-electron chi connectivity index (χ2n) is 8.49. The maximum absolute atomic E-state index is 12.4. The van der Waals surface area contributed by atoms with Crippen molar-refractivity contribution >= 4 is 17.7 Å². The molecule has 1 aromatic carbocycles. The van der Waals surface area contributed by atoms with Crippen molar-refractivity contribution in [2.45, 2.75) is 70.8 Å². The predicted octanol–water partition coefficient (Wildman–Crippen LogP) is 2.56. The lowest BCUT2D eigenvalue weighted by molar-refractivity contribution is -0.122. The lowest BCUT2D eigenvalue weighted by atomic mass is 9.89. The molecule has 190 valence electrons. The fourth-order valence-electron chi connectivity index (χ4n) is 4.19. The molecule has 3 amide bonds. The van der Waals surface area contributed by atoms with Gasteiger partial charge in [0.2, 0.25) is 17.7 Å². The SMILES string of the molecule is CCOc1ccc(C(=O)NNC(=O)CCc2nc(C3(NC(C)=O)CCCCCC3)no2)cc1OC. The highest BCUT2D eigenvalue weighted by Gasteiger charge is 2.38. The fourth-order valence-corrected chi connectivity index (χ4v) is 4.19. The minimum Gasteiger partial charge on any atom is -0.493 e. The molecule has 11 nitrogen and oxygen atoms in total. The number of hydrogen-bond donors (Lipinski definition) is 3. The molecule has 0 bridgehead atoms. The van der Waals surface area contributed by atoms with Crippen molar-refractivity contribution < 1.29 is 28.4 Å². The van der Waals surface area contributed by atoms with Gasteiger partial charge >= 0.3 is 0 Å². The molecule has 1 aliphatic carbocycles. The van der Waals surface area contributed by atoms with Gasteiger partial charge in [-0.3, -0.25) is 25.2 Å². The Morgan fingerprint density at radius 3 is 2.49 bits per heavy atom. The summed E-state index contributed by atoms with van der Waals surface area (Å²) in [5, 5.41) is 7.14. The molecule has 1 fully saturated rings. The minimum absolute atomic E-state index is 0.0294. The van der Waals surface area contributed by atoms with E-state index in [2.05, 4.69) is 26.3 Å². The largest absolute Gasteiger partial charge is 0.493 e. The zero-order valence-corrected chi connectivity index (χ0v) is 20.4. The monoisotopic (exact) mass is 487 g/mol. The molecule has 3 N–H and O–H groups in total. The van der Waals surface area contributed by atoms with Gasteiger partial charge in [0.15, 0.2) is 17.3 Å². The van der Waals surface area contributed by atoms with Gasteiger partial charge in [-0.15, -0.1) is 0 Å². The van der Waals surface area contributed by atoms with E-state index < -0.39 is 17.4 Å². The average molecular weight is 488 g/mol. The van der Waals surface area contributed by atoms with E-state index in [9.17, 15) is 14.4 Å². The molecule has 35 heavy (non-hydrogen) atoms. The van der Waals surface area contributed by atoms with Crippen LogP contribution in [0.15, 0.2) is 22.7 Å². The number of rotatable bonds is 9. The van der Waals surface area contributed by atoms with Crippen molar-refractivity contribution in [3.63, 3.8) is 0 Å². The molecule has 2 aromatic rings. The average Bonchev–Trinajstić information content (AvgIpc) is 3.21. The second kappa shape index (κ2) is 12.2. The summed E-state index contributed by atoms with van der Waals surface area (Å²) in [4.78, 5) is 41.0. The summed E-state index contributed by atoms with van der Waals surface area (Å²) in [6, 6.07) is 4.74. The highest BCUT2D eigenvalue weighted by molar-refractivity contribution is 5.96. The summed E-state index contributed by atoms with van der Waals surface area (Å²) in [5.74, 6) is 0.641. The molecule has 1 saturated carbocycles. The van der Waals surface area contributed by atoms with Crippen LogP contribution < -0.4 is 25.6 Å². The Kier molecular flexibility index (Phi) is 9.04. The lowest BCUT2D eigenvalue weighted by Crippen LogP contribution is -2.45. The standard InChI is InChI=1S/C24H33N5O6/c1-4-34-18-10-9-17(15-19(18)33-3)22(32)28-27-20(31)11-12-21-25-23(29-35-21)24(26-16(2)30)13-7-5-6-8-14-24/h9-10,15H,4-8,11-14H2,1-3H3,(H,26,30)(H,27,31)(H,28,32). The molecular weight excluding hydrogens is 454 g/mol. The van der Waals surface area contributed by atoms with E-state index in [-0.39, 0.29) is 18.7 Å². The van der Waals surface area contributed by atoms with Gasteiger partial charge in [0.1, 0.15) is 5.54 Å². The normalized spacial score (nSPS) is 14.9. The van der Waals surface area contributed by atoms with Crippen LogP contribution in [0.5, 0.6) is 11.5 Å². The van der Waals surface area contributed by atoms with Crippen molar-refractivity contribution in [2.75, 3.05) is 13.7 Å². The van der Waals surface area contributed by atoms with E-state index in [4.69, 9.17) is 14.0 Å².